The molecule has 116 valence electrons. The number of carbonyl (C=O) groups excluding carboxylic acids is 1. The lowest BCUT2D eigenvalue weighted by molar-refractivity contribution is 0.0724. The number of hydrogen-bond acceptors (Lipinski definition) is 4. The largest absolute Gasteiger partial charge is 0.358 e. The van der Waals surface area contributed by atoms with Crippen molar-refractivity contribution in [2.75, 3.05) is 52.2 Å². The highest BCUT2D eigenvalue weighted by atomic mass is 16.2. The Hall–Kier alpha value is -1.62. The van der Waals surface area contributed by atoms with E-state index in [1.54, 1.807) is 6.20 Å². The van der Waals surface area contributed by atoms with E-state index in [1.807, 2.05) is 38.2 Å². The van der Waals surface area contributed by atoms with Crippen LogP contribution in [-0.2, 0) is 0 Å². The van der Waals surface area contributed by atoms with Crippen molar-refractivity contribution in [1.82, 2.24) is 14.8 Å². The molecule has 0 bridgehead atoms. The van der Waals surface area contributed by atoms with Gasteiger partial charge in [-0.15, -0.1) is 0 Å². The molecule has 1 aromatic heterocycles. The van der Waals surface area contributed by atoms with E-state index >= 15 is 0 Å². The van der Waals surface area contributed by atoms with Gasteiger partial charge >= 0.3 is 0 Å². The molecule has 1 aromatic rings. The van der Waals surface area contributed by atoms with Crippen molar-refractivity contribution in [3.8, 4) is 0 Å². The third kappa shape index (κ3) is 4.17. The van der Waals surface area contributed by atoms with Crippen molar-refractivity contribution < 1.29 is 4.79 Å². The lowest BCUT2D eigenvalue weighted by Gasteiger charge is -2.29. The van der Waals surface area contributed by atoms with E-state index in [4.69, 9.17) is 0 Å². The number of rotatable bonds is 5. The van der Waals surface area contributed by atoms with E-state index in [-0.39, 0.29) is 5.91 Å². The first-order valence-electron chi connectivity index (χ1n) is 7.70. The molecule has 0 N–H and O–H groups in total. The van der Waals surface area contributed by atoms with Crippen molar-refractivity contribution in [3.63, 3.8) is 0 Å². The molecule has 0 atom stereocenters. The predicted octanol–water partition coefficient (Wildman–Crippen LogP) is 1.71. The minimum Gasteiger partial charge on any atom is -0.358 e. The molecule has 5 heteroatoms. The van der Waals surface area contributed by atoms with Gasteiger partial charge < -0.3 is 14.7 Å². The van der Waals surface area contributed by atoms with Gasteiger partial charge in [0.05, 0.1) is 5.56 Å². The number of hydrogen-bond donors (Lipinski definition) is 0. The summed E-state index contributed by atoms with van der Waals surface area (Å²) in [5.41, 5.74) is 0.723. The molecule has 5 nitrogen and oxygen atoms in total. The van der Waals surface area contributed by atoms with E-state index < -0.39 is 0 Å². The first kappa shape index (κ1) is 15.8. The Kier molecular flexibility index (Phi) is 5.56. The number of piperidine rings is 1. The molecule has 1 aliphatic rings. The molecule has 0 radical (unpaired) electrons. The zero-order chi connectivity index (χ0) is 15.2. The summed E-state index contributed by atoms with van der Waals surface area (Å²) < 4.78 is 0. The van der Waals surface area contributed by atoms with Crippen LogP contribution in [0.4, 0.5) is 5.82 Å². The first-order chi connectivity index (χ1) is 10.1. The molecule has 0 saturated carbocycles. The Labute approximate surface area is 127 Å². The summed E-state index contributed by atoms with van der Waals surface area (Å²) in [5, 5.41) is 0. The predicted molar refractivity (Wildman–Crippen MR) is 85.8 cm³/mol. The summed E-state index contributed by atoms with van der Waals surface area (Å²) in [6, 6.07) is 3.74. The van der Waals surface area contributed by atoms with E-state index in [0.29, 0.717) is 0 Å². The Morgan fingerprint density at radius 2 is 1.90 bits per heavy atom. The Bertz CT molecular complexity index is 469. The topological polar surface area (TPSA) is 39.7 Å². The normalized spacial score (nSPS) is 15.3. The quantitative estimate of drug-likeness (QED) is 0.827. The molecule has 1 amide bonds. The van der Waals surface area contributed by atoms with Gasteiger partial charge in [0.25, 0.3) is 5.91 Å². The van der Waals surface area contributed by atoms with Crippen LogP contribution in [0.1, 0.15) is 29.6 Å². The average Bonchev–Trinajstić information content (AvgIpc) is 2.52. The summed E-state index contributed by atoms with van der Waals surface area (Å²) in [7, 11) is 6.09. The van der Waals surface area contributed by atoms with Gasteiger partial charge in [-0.05, 0) is 45.5 Å². The van der Waals surface area contributed by atoms with Crippen LogP contribution in [0.3, 0.4) is 0 Å². The number of amides is 1. The van der Waals surface area contributed by atoms with Crippen molar-refractivity contribution in [2.24, 2.45) is 0 Å². The Morgan fingerprint density at radius 1 is 1.19 bits per heavy atom. The van der Waals surface area contributed by atoms with Gasteiger partial charge in [0.15, 0.2) is 0 Å². The molecule has 2 rings (SSSR count). The standard InChI is InChI=1S/C16H26N4O/c1-18(2)12-13-19(3)15-14(8-7-9-17-15)16(21)20-10-5-4-6-11-20/h7-9H,4-6,10-13H2,1-3H3. The van der Waals surface area contributed by atoms with E-state index in [2.05, 4.69) is 14.8 Å². The second kappa shape index (κ2) is 7.41. The number of nitrogens with zero attached hydrogens (tertiary/aromatic N) is 4. The maximum Gasteiger partial charge on any atom is 0.257 e. The molecule has 0 unspecified atom stereocenters. The van der Waals surface area contributed by atoms with Crippen molar-refractivity contribution >= 4 is 11.7 Å². The maximum atomic E-state index is 12.7. The summed E-state index contributed by atoms with van der Waals surface area (Å²) in [6.45, 7) is 3.53. The van der Waals surface area contributed by atoms with Crippen LogP contribution < -0.4 is 4.90 Å². The Balaban J connectivity index is 2.13. The minimum absolute atomic E-state index is 0.120. The zero-order valence-electron chi connectivity index (χ0n) is 13.4. The lowest BCUT2D eigenvalue weighted by Crippen LogP contribution is -2.37. The second-order valence-electron chi connectivity index (χ2n) is 5.95. The molecule has 1 saturated heterocycles. The highest BCUT2D eigenvalue weighted by Gasteiger charge is 2.22. The number of likely N-dealkylation sites (N-methyl/N-ethyl adjacent to an activating group) is 2. The van der Waals surface area contributed by atoms with E-state index in [9.17, 15) is 4.79 Å². The zero-order valence-corrected chi connectivity index (χ0v) is 13.4. The Morgan fingerprint density at radius 3 is 2.57 bits per heavy atom. The molecule has 0 spiro atoms. The van der Waals surface area contributed by atoms with Crippen molar-refractivity contribution in [1.29, 1.82) is 0 Å². The molecule has 2 heterocycles. The van der Waals surface area contributed by atoms with E-state index in [0.717, 1.165) is 50.4 Å². The van der Waals surface area contributed by atoms with Gasteiger partial charge in [-0.25, -0.2) is 4.98 Å². The van der Waals surface area contributed by atoms with Gasteiger partial charge in [-0.1, -0.05) is 0 Å². The van der Waals surface area contributed by atoms with E-state index in [1.165, 1.54) is 6.42 Å². The minimum atomic E-state index is 0.120. The number of carbonyl (C=O) groups is 1. The number of aromatic nitrogens is 1. The van der Waals surface area contributed by atoms with Crippen LogP contribution in [0, 0.1) is 0 Å². The summed E-state index contributed by atoms with van der Waals surface area (Å²) in [4.78, 5) is 23.3. The van der Waals surface area contributed by atoms with Gasteiger partial charge in [-0.3, -0.25) is 4.79 Å². The summed E-state index contributed by atoms with van der Waals surface area (Å²) in [6.07, 6.45) is 5.20. The molecule has 21 heavy (non-hydrogen) atoms. The molecule has 0 aromatic carbocycles. The number of anilines is 1. The van der Waals surface area contributed by atoms with Crippen LogP contribution in [0.25, 0.3) is 0 Å². The van der Waals surface area contributed by atoms with Crippen LogP contribution in [0.15, 0.2) is 18.3 Å². The second-order valence-corrected chi connectivity index (χ2v) is 5.95. The highest BCUT2D eigenvalue weighted by molar-refractivity contribution is 5.98. The fourth-order valence-corrected chi connectivity index (χ4v) is 2.59. The maximum absolute atomic E-state index is 12.7. The molecule has 0 aliphatic carbocycles. The van der Waals surface area contributed by atoms with Crippen LogP contribution >= 0.6 is 0 Å². The first-order valence-corrected chi connectivity index (χ1v) is 7.70. The lowest BCUT2D eigenvalue weighted by atomic mass is 10.1. The molecule has 1 fully saturated rings. The fraction of sp³-hybridized carbons (Fsp3) is 0.625. The van der Waals surface area contributed by atoms with Crippen molar-refractivity contribution in [3.05, 3.63) is 23.9 Å². The average molecular weight is 290 g/mol. The monoisotopic (exact) mass is 290 g/mol. The van der Waals surface area contributed by atoms with Gasteiger partial charge in [0.2, 0.25) is 0 Å². The van der Waals surface area contributed by atoms with Crippen molar-refractivity contribution in [2.45, 2.75) is 19.3 Å². The third-order valence-electron chi connectivity index (χ3n) is 3.90. The van der Waals surface area contributed by atoms with Crippen LogP contribution in [-0.4, -0.2) is 68.0 Å². The molecule has 1 aliphatic heterocycles. The molecular weight excluding hydrogens is 264 g/mol. The molecular formula is C16H26N4O. The van der Waals surface area contributed by atoms with Gasteiger partial charge in [-0.2, -0.15) is 0 Å². The van der Waals surface area contributed by atoms with Crippen LogP contribution in [0.2, 0.25) is 0 Å². The fourth-order valence-electron chi connectivity index (χ4n) is 2.59. The smallest absolute Gasteiger partial charge is 0.257 e. The third-order valence-corrected chi connectivity index (χ3v) is 3.90. The van der Waals surface area contributed by atoms with Gasteiger partial charge in [0, 0.05) is 39.4 Å². The SMILES string of the molecule is CN(C)CCN(C)c1ncccc1C(=O)N1CCCCC1. The summed E-state index contributed by atoms with van der Waals surface area (Å²) >= 11 is 0. The van der Waals surface area contributed by atoms with Gasteiger partial charge in [0.1, 0.15) is 5.82 Å². The number of likely N-dealkylation sites (tertiary alicyclic amines) is 1. The van der Waals surface area contributed by atoms with Crippen LogP contribution in [0.5, 0.6) is 0 Å². The highest BCUT2D eigenvalue weighted by Crippen LogP contribution is 2.20. The summed E-state index contributed by atoms with van der Waals surface area (Å²) in [5.74, 6) is 0.907. The number of pyridine rings is 1.